The second kappa shape index (κ2) is 7.22. The highest BCUT2D eigenvalue weighted by atomic mass is 35.5. The summed E-state index contributed by atoms with van der Waals surface area (Å²) < 4.78 is 13.3. The van der Waals surface area contributed by atoms with Gasteiger partial charge >= 0.3 is 0 Å². The largest absolute Gasteiger partial charge is 0.351 e. The topological polar surface area (TPSA) is 44.4 Å². The molecule has 0 spiro atoms. The van der Waals surface area contributed by atoms with E-state index in [1.165, 1.54) is 6.07 Å². The summed E-state index contributed by atoms with van der Waals surface area (Å²) in [7, 11) is 0. The normalized spacial score (nSPS) is 16.1. The SMILES string of the molecule is O=C(NCCN1CCNCC1)c1cc(F)c(Cl)cc1Cl. The van der Waals surface area contributed by atoms with Crippen LogP contribution in [-0.4, -0.2) is 50.1 Å². The lowest BCUT2D eigenvalue weighted by Crippen LogP contribution is -2.46. The van der Waals surface area contributed by atoms with Gasteiger partial charge < -0.3 is 10.6 Å². The van der Waals surface area contributed by atoms with Gasteiger partial charge in [-0.1, -0.05) is 23.2 Å². The van der Waals surface area contributed by atoms with Crippen molar-refractivity contribution in [2.75, 3.05) is 39.3 Å². The lowest BCUT2D eigenvalue weighted by Gasteiger charge is -2.27. The molecule has 0 saturated carbocycles. The number of nitrogens with zero attached hydrogens (tertiary/aromatic N) is 1. The van der Waals surface area contributed by atoms with Crippen LogP contribution >= 0.6 is 23.2 Å². The molecule has 2 N–H and O–H groups in total. The average Bonchev–Trinajstić information content (AvgIpc) is 2.44. The summed E-state index contributed by atoms with van der Waals surface area (Å²) in [5, 5.41) is 6.06. The molecule has 0 aromatic heterocycles. The van der Waals surface area contributed by atoms with Gasteiger partial charge in [-0.2, -0.15) is 0 Å². The highest BCUT2D eigenvalue weighted by Crippen LogP contribution is 2.24. The van der Waals surface area contributed by atoms with Crippen LogP contribution in [0.5, 0.6) is 0 Å². The quantitative estimate of drug-likeness (QED) is 0.831. The Morgan fingerprint density at radius 1 is 1.30 bits per heavy atom. The Hall–Kier alpha value is -0.880. The van der Waals surface area contributed by atoms with Crippen LogP contribution in [0, 0.1) is 5.82 Å². The first kappa shape index (κ1) is 15.5. The molecule has 2 rings (SSSR count). The summed E-state index contributed by atoms with van der Waals surface area (Å²) in [6, 6.07) is 2.30. The molecule has 1 saturated heterocycles. The van der Waals surface area contributed by atoms with Crippen molar-refractivity contribution in [1.82, 2.24) is 15.5 Å². The third kappa shape index (κ3) is 4.06. The van der Waals surface area contributed by atoms with Gasteiger partial charge in [-0.25, -0.2) is 4.39 Å². The summed E-state index contributed by atoms with van der Waals surface area (Å²) >= 11 is 11.5. The van der Waals surface area contributed by atoms with E-state index in [9.17, 15) is 9.18 Å². The maximum atomic E-state index is 13.3. The van der Waals surface area contributed by atoms with Gasteiger partial charge in [0.2, 0.25) is 0 Å². The highest BCUT2D eigenvalue weighted by Gasteiger charge is 2.15. The fourth-order valence-electron chi connectivity index (χ4n) is 2.05. The van der Waals surface area contributed by atoms with Crippen LogP contribution < -0.4 is 10.6 Å². The van der Waals surface area contributed by atoms with Crippen molar-refractivity contribution < 1.29 is 9.18 Å². The molecule has 0 bridgehead atoms. The number of rotatable bonds is 4. The Morgan fingerprint density at radius 3 is 2.70 bits per heavy atom. The maximum absolute atomic E-state index is 13.3. The number of hydrogen-bond acceptors (Lipinski definition) is 3. The number of amides is 1. The fourth-order valence-corrected chi connectivity index (χ4v) is 2.52. The minimum absolute atomic E-state index is 0.0904. The van der Waals surface area contributed by atoms with E-state index >= 15 is 0 Å². The third-order valence-corrected chi connectivity index (χ3v) is 3.78. The van der Waals surface area contributed by atoms with Gasteiger partial charge in [0.25, 0.3) is 5.91 Å². The minimum atomic E-state index is -0.650. The standard InChI is InChI=1S/C13H16Cl2FN3O/c14-10-8-11(15)12(16)7-9(10)13(20)18-3-6-19-4-1-17-2-5-19/h7-8,17H,1-6H2,(H,18,20). The lowest BCUT2D eigenvalue weighted by atomic mass is 10.2. The van der Waals surface area contributed by atoms with E-state index in [1.54, 1.807) is 0 Å². The number of hydrogen-bond donors (Lipinski definition) is 2. The van der Waals surface area contributed by atoms with E-state index in [2.05, 4.69) is 15.5 Å². The molecule has 1 aromatic rings. The number of benzene rings is 1. The van der Waals surface area contributed by atoms with Crippen LogP contribution in [0.15, 0.2) is 12.1 Å². The van der Waals surface area contributed by atoms with Gasteiger partial charge in [-0.15, -0.1) is 0 Å². The predicted octanol–water partition coefficient (Wildman–Crippen LogP) is 1.77. The molecule has 0 radical (unpaired) electrons. The molecule has 20 heavy (non-hydrogen) atoms. The Balaban J connectivity index is 1.87. The zero-order valence-electron chi connectivity index (χ0n) is 10.9. The molecule has 110 valence electrons. The molecule has 0 unspecified atom stereocenters. The van der Waals surface area contributed by atoms with Crippen molar-refractivity contribution in [3.05, 3.63) is 33.6 Å². The molecule has 1 aromatic carbocycles. The van der Waals surface area contributed by atoms with Crippen LogP contribution in [0.25, 0.3) is 0 Å². The van der Waals surface area contributed by atoms with Crippen molar-refractivity contribution in [2.45, 2.75) is 0 Å². The van der Waals surface area contributed by atoms with Crippen molar-refractivity contribution in [2.24, 2.45) is 0 Å². The monoisotopic (exact) mass is 319 g/mol. The molecule has 7 heteroatoms. The van der Waals surface area contributed by atoms with Gasteiger partial charge in [-0.3, -0.25) is 9.69 Å². The highest BCUT2D eigenvalue weighted by molar-refractivity contribution is 6.36. The van der Waals surface area contributed by atoms with Gasteiger partial charge in [0.05, 0.1) is 15.6 Å². The van der Waals surface area contributed by atoms with Crippen molar-refractivity contribution in [3.63, 3.8) is 0 Å². The smallest absolute Gasteiger partial charge is 0.252 e. The summed E-state index contributed by atoms with van der Waals surface area (Å²) in [5.74, 6) is -1.04. The second-order valence-electron chi connectivity index (χ2n) is 4.59. The van der Waals surface area contributed by atoms with E-state index in [0.29, 0.717) is 6.54 Å². The summed E-state index contributed by atoms with van der Waals surface area (Å²) in [5.41, 5.74) is 0.105. The van der Waals surface area contributed by atoms with Gasteiger partial charge in [-0.05, 0) is 12.1 Å². The molecule has 4 nitrogen and oxygen atoms in total. The van der Waals surface area contributed by atoms with Gasteiger partial charge in [0, 0.05) is 39.3 Å². The van der Waals surface area contributed by atoms with Gasteiger partial charge in [0.1, 0.15) is 5.82 Å². The number of carbonyl (C=O) groups is 1. The Morgan fingerprint density at radius 2 is 2.00 bits per heavy atom. The average molecular weight is 320 g/mol. The van der Waals surface area contributed by atoms with E-state index in [4.69, 9.17) is 23.2 Å². The van der Waals surface area contributed by atoms with E-state index < -0.39 is 5.82 Å². The number of carbonyl (C=O) groups excluding carboxylic acids is 1. The molecular weight excluding hydrogens is 304 g/mol. The molecule has 0 atom stereocenters. The number of piperazine rings is 1. The fraction of sp³-hybridized carbons (Fsp3) is 0.462. The first-order valence-electron chi connectivity index (χ1n) is 6.44. The van der Waals surface area contributed by atoms with Crippen molar-refractivity contribution >= 4 is 29.1 Å². The third-order valence-electron chi connectivity index (χ3n) is 3.18. The van der Waals surface area contributed by atoms with Crippen LogP contribution in [0.3, 0.4) is 0 Å². The molecule has 1 amide bonds. The van der Waals surface area contributed by atoms with Crippen LogP contribution in [-0.2, 0) is 0 Å². The minimum Gasteiger partial charge on any atom is -0.351 e. The Kier molecular flexibility index (Phi) is 5.60. The van der Waals surface area contributed by atoms with Gasteiger partial charge in [0.15, 0.2) is 0 Å². The molecule has 1 heterocycles. The second-order valence-corrected chi connectivity index (χ2v) is 5.41. The molecular formula is C13H16Cl2FN3O. The zero-order valence-corrected chi connectivity index (χ0v) is 12.4. The van der Waals surface area contributed by atoms with E-state index in [1.807, 2.05) is 0 Å². The van der Waals surface area contributed by atoms with Crippen molar-refractivity contribution in [1.29, 1.82) is 0 Å². The van der Waals surface area contributed by atoms with E-state index in [-0.39, 0.29) is 21.5 Å². The van der Waals surface area contributed by atoms with Crippen LogP contribution in [0.4, 0.5) is 4.39 Å². The van der Waals surface area contributed by atoms with E-state index in [0.717, 1.165) is 38.8 Å². The zero-order chi connectivity index (χ0) is 14.5. The number of nitrogens with one attached hydrogen (secondary N) is 2. The summed E-state index contributed by atoms with van der Waals surface area (Å²) in [6.45, 7) is 5.11. The lowest BCUT2D eigenvalue weighted by molar-refractivity contribution is 0.0947. The first-order chi connectivity index (χ1) is 9.58. The van der Waals surface area contributed by atoms with Crippen LogP contribution in [0.2, 0.25) is 10.0 Å². The molecule has 0 aliphatic carbocycles. The Bertz CT molecular complexity index is 493. The maximum Gasteiger partial charge on any atom is 0.252 e. The summed E-state index contributed by atoms with van der Waals surface area (Å²) in [4.78, 5) is 14.2. The van der Waals surface area contributed by atoms with Crippen molar-refractivity contribution in [3.8, 4) is 0 Å². The molecule has 1 fully saturated rings. The van der Waals surface area contributed by atoms with Crippen LogP contribution in [0.1, 0.15) is 10.4 Å². The summed E-state index contributed by atoms with van der Waals surface area (Å²) in [6.07, 6.45) is 0. The predicted molar refractivity (Wildman–Crippen MR) is 78.1 cm³/mol. The number of halogens is 3. The molecule has 1 aliphatic rings. The first-order valence-corrected chi connectivity index (χ1v) is 7.19. The Labute approximate surface area is 127 Å². The molecule has 1 aliphatic heterocycles.